The number of rotatable bonds is 5. The number of ether oxygens (including phenoxy) is 1. The van der Waals surface area contributed by atoms with Crippen molar-refractivity contribution in [2.24, 2.45) is 0 Å². The van der Waals surface area contributed by atoms with Gasteiger partial charge in [-0.05, 0) is 20.8 Å². The summed E-state index contributed by atoms with van der Waals surface area (Å²) in [6.07, 6.45) is -2.03. The second kappa shape index (κ2) is 7.07. The molecule has 0 aromatic heterocycles. The lowest BCUT2D eigenvalue weighted by Crippen LogP contribution is -2.47. The average Bonchev–Trinajstić information content (AvgIpc) is 2.66. The summed E-state index contributed by atoms with van der Waals surface area (Å²) >= 11 is 0. The van der Waals surface area contributed by atoms with Gasteiger partial charge in [0.2, 0.25) is 0 Å². The van der Waals surface area contributed by atoms with Gasteiger partial charge in [0.15, 0.2) is 0 Å². The molecule has 1 atom stereocenters. The Morgan fingerprint density at radius 3 is 2.17 bits per heavy atom. The molecule has 3 amide bonds. The van der Waals surface area contributed by atoms with Crippen LogP contribution in [0.25, 0.3) is 0 Å². The van der Waals surface area contributed by atoms with Gasteiger partial charge in [0.25, 0.3) is 11.8 Å². The predicted molar refractivity (Wildman–Crippen MR) is 72.6 cm³/mol. The van der Waals surface area contributed by atoms with Crippen LogP contribution >= 0.6 is 0 Å². The fraction of sp³-hybridized carbons (Fsp3) is 0.615. The lowest BCUT2D eigenvalue weighted by Gasteiger charge is -2.23. The molecule has 1 heterocycles. The van der Waals surface area contributed by atoms with Gasteiger partial charge in [-0.3, -0.25) is 14.4 Å². The summed E-state index contributed by atoms with van der Waals surface area (Å²) in [6.45, 7) is 4.75. The highest BCUT2D eigenvalue weighted by atomic mass is 16.7. The van der Waals surface area contributed by atoms with Gasteiger partial charge in [-0.1, -0.05) is 0 Å². The van der Waals surface area contributed by atoms with Crippen molar-refractivity contribution in [3.63, 3.8) is 0 Å². The summed E-state index contributed by atoms with van der Waals surface area (Å²) in [4.78, 5) is 61.7. The van der Waals surface area contributed by atoms with Gasteiger partial charge >= 0.3 is 18.0 Å². The maximum absolute atomic E-state index is 11.9. The Morgan fingerprint density at radius 2 is 1.74 bits per heavy atom. The van der Waals surface area contributed by atoms with Crippen LogP contribution in [0.1, 0.15) is 40.0 Å². The summed E-state index contributed by atoms with van der Waals surface area (Å²) in [6, 6.07) is -1.61. The predicted octanol–water partition coefficient (Wildman–Crippen LogP) is -0.0384. The molecule has 0 radical (unpaired) electrons. The molecule has 1 aliphatic heterocycles. The zero-order valence-electron chi connectivity index (χ0n) is 13.0. The molecule has 10 nitrogen and oxygen atoms in total. The SMILES string of the molecule is CC(C)(C)OC(=O)N[C@@H](CC(=O)O)C(=O)ON1C(=O)CCC1=O. The van der Waals surface area contributed by atoms with Crippen LogP contribution in [0.4, 0.5) is 4.79 Å². The highest BCUT2D eigenvalue weighted by molar-refractivity contribution is 6.02. The highest BCUT2D eigenvalue weighted by Gasteiger charge is 2.36. The summed E-state index contributed by atoms with van der Waals surface area (Å²) in [5.41, 5.74) is -0.858. The fourth-order valence-corrected chi connectivity index (χ4v) is 1.63. The van der Waals surface area contributed by atoms with Gasteiger partial charge in [0.05, 0.1) is 6.42 Å². The Balaban J connectivity index is 2.74. The van der Waals surface area contributed by atoms with E-state index < -0.39 is 47.9 Å². The van der Waals surface area contributed by atoms with Crippen LogP contribution < -0.4 is 5.32 Å². The Kier molecular flexibility index (Phi) is 5.66. The quantitative estimate of drug-likeness (QED) is 0.669. The number of imide groups is 1. The standard InChI is InChI=1S/C13H18N2O8/c1-13(2,3)22-12(21)14-7(6-10(18)19)11(20)23-15-8(16)4-5-9(15)17/h7H,4-6H2,1-3H3,(H,14,21)(H,18,19)/t7-/m0/s1. The van der Waals surface area contributed by atoms with E-state index in [4.69, 9.17) is 9.84 Å². The molecule has 10 heteroatoms. The van der Waals surface area contributed by atoms with Crippen LogP contribution in [0.15, 0.2) is 0 Å². The Hall–Kier alpha value is -2.65. The molecule has 0 saturated carbocycles. The number of amides is 3. The number of aliphatic carboxylic acids is 1. The van der Waals surface area contributed by atoms with Gasteiger partial charge < -0.3 is 20.0 Å². The monoisotopic (exact) mass is 330 g/mol. The molecule has 1 fully saturated rings. The number of hydrogen-bond acceptors (Lipinski definition) is 7. The number of carboxylic acids is 1. The second-order valence-corrected chi connectivity index (χ2v) is 5.79. The topological polar surface area (TPSA) is 139 Å². The molecule has 0 unspecified atom stereocenters. The molecule has 0 aliphatic carbocycles. The zero-order chi connectivity index (χ0) is 17.8. The maximum atomic E-state index is 11.9. The summed E-state index contributed by atoms with van der Waals surface area (Å²) < 4.78 is 4.91. The van der Waals surface area contributed by atoms with Crippen molar-refractivity contribution in [2.45, 2.75) is 51.7 Å². The molecular formula is C13H18N2O8. The van der Waals surface area contributed by atoms with E-state index in [2.05, 4.69) is 4.84 Å². The van der Waals surface area contributed by atoms with Crippen LogP contribution in [-0.2, 0) is 28.8 Å². The molecular weight excluding hydrogens is 312 g/mol. The highest BCUT2D eigenvalue weighted by Crippen LogP contribution is 2.14. The number of carbonyl (C=O) groups excluding carboxylic acids is 4. The van der Waals surface area contributed by atoms with E-state index in [1.165, 1.54) is 0 Å². The van der Waals surface area contributed by atoms with Gasteiger partial charge in [-0.2, -0.15) is 0 Å². The van der Waals surface area contributed by atoms with E-state index in [1.54, 1.807) is 20.8 Å². The average molecular weight is 330 g/mol. The lowest BCUT2D eigenvalue weighted by atomic mass is 10.2. The molecule has 128 valence electrons. The van der Waals surface area contributed by atoms with Gasteiger partial charge in [0.1, 0.15) is 11.6 Å². The van der Waals surface area contributed by atoms with Crippen molar-refractivity contribution in [2.75, 3.05) is 0 Å². The fourth-order valence-electron chi connectivity index (χ4n) is 1.63. The van der Waals surface area contributed by atoms with Crippen LogP contribution in [0.3, 0.4) is 0 Å². The van der Waals surface area contributed by atoms with Crippen molar-refractivity contribution in [3.05, 3.63) is 0 Å². The van der Waals surface area contributed by atoms with Crippen molar-refractivity contribution in [3.8, 4) is 0 Å². The first-order valence-electron chi connectivity index (χ1n) is 6.78. The molecule has 0 aromatic carbocycles. The van der Waals surface area contributed by atoms with Gasteiger partial charge in [-0.25, -0.2) is 9.59 Å². The minimum absolute atomic E-state index is 0.102. The Bertz CT molecular complexity index is 521. The minimum atomic E-state index is -1.61. The summed E-state index contributed by atoms with van der Waals surface area (Å²) in [5, 5.41) is 11.1. The number of hydrogen-bond donors (Lipinski definition) is 2. The third kappa shape index (κ3) is 5.93. The van der Waals surface area contributed by atoms with E-state index in [0.717, 1.165) is 0 Å². The molecule has 0 aromatic rings. The molecule has 1 rings (SSSR count). The second-order valence-electron chi connectivity index (χ2n) is 5.79. The van der Waals surface area contributed by atoms with Gasteiger partial charge in [-0.15, -0.1) is 5.06 Å². The first kappa shape index (κ1) is 18.4. The lowest BCUT2D eigenvalue weighted by molar-refractivity contribution is -0.199. The number of carbonyl (C=O) groups is 5. The maximum Gasteiger partial charge on any atom is 0.408 e. The molecule has 23 heavy (non-hydrogen) atoms. The van der Waals surface area contributed by atoms with Crippen LogP contribution in [-0.4, -0.2) is 51.7 Å². The minimum Gasteiger partial charge on any atom is -0.481 e. The third-order valence-electron chi connectivity index (χ3n) is 2.54. The first-order valence-corrected chi connectivity index (χ1v) is 6.78. The van der Waals surface area contributed by atoms with Gasteiger partial charge in [0, 0.05) is 12.8 Å². The molecule has 1 aliphatic rings. The van der Waals surface area contributed by atoms with E-state index in [1.807, 2.05) is 5.32 Å². The normalized spacial score (nSPS) is 16.0. The van der Waals surface area contributed by atoms with Crippen molar-refractivity contribution >= 4 is 29.8 Å². The number of hydroxylamine groups is 2. The molecule has 0 spiro atoms. The number of nitrogens with one attached hydrogen (secondary N) is 1. The number of nitrogens with zero attached hydrogens (tertiary/aromatic N) is 1. The smallest absolute Gasteiger partial charge is 0.408 e. The summed E-state index contributed by atoms with van der Waals surface area (Å²) in [5.74, 6) is -4.06. The van der Waals surface area contributed by atoms with Crippen LogP contribution in [0, 0.1) is 0 Å². The molecule has 1 saturated heterocycles. The van der Waals surface area contributed by atoms with Crippen LogP contribution in [0.2, 0.25) is 0 Å². The number of carboxylic acid groups (broad SMARTS) is 1. The Labute approximate surface area is 131 Å². The van der Waals surface area contributed by atoms with Crippen molar-refractivity contribution in [1.82, 2.24) is 10.4 Å². The Morgan fingerprint density at radius 1 is 1.22 bits per heavy atom. The van der Waals surface area contributed by atoms with Crippen molar-refractivity contribution in [1.29, 1.82) is 0 Å². The summed E-state index contributed by atoms with van der Waals surface area (Å²) in [7, 11) is 0. The van der Waals surface area contributed by atoms with Crippen LogP contribution in [0.5, 0.6) is 0 Å². The van der Waals surface area contributed by atoms with E-state index >= 15 is 0 Å². The molecule has 0 bridgehead atoms. The van der Waals surface area contributed by atoms with E-state index in [0.29, 0.717) is 0 Å². The third-order valence-corrected chi connectivity index (χ3v) is 2.54. The number of alkyl carbamates (subject to hydrolysis) is 1. The first-order chi connectivity index (χ1) is 10.5. The zero-order valence-corrected chi connectivity index (χ0v) is 13.0. The largest absolute Gasteiger partial charge is 0.481 e. The van der Waals surface area contributed by atoms with E-state index in [-0.39, 0.29) is 17.9 Å². The molecule has 2 N–H and O–H groups in total. The van der Waals surface area contributed by atoms with Crippen molar-refractivity contribution < 1.29 is 38.7 Å². The van der Waals surface area contributed by atoms with E-state index in [9.17, 15) is 24.0 Å².